The van der Waals surface area contributed by atoms with Crippen LogP contribution in [-0.2, 0) is 5.41 Å². The van der Waals surface area contributed by atoms with Crippen molar-refractivity contribution in [2.45, 2.75) is 19.3 Å². The minimum atomic E-state index is -0.178. The number of fused-ring (bicyclic) bond motifs is 7. The summed E-state index contributed by atoms with van der Waals surface area (Å²) >= 11 is 0. The molecule has 0 saturated carbocycles. The second-order valence-electron chi connectivity index (χ2n) is 16.7. The van der Waals surface area contributed by atoms with Gasteiger partial charge in [-0.25, -0.2) is 4.98 Å². The number of furan rings is 1. The molecular formula is C58H41N3O2. The summed E-state index contributed by atoms with van der Waals surface area (Å²) in [4.78, 5) is 10.1. The third kappa shape index (κ3) is 5.96. The number of para-hydroxylation sites is 3. The van der Waals surface area contributed by atoms with Crippen LogP contribution in [0.5, 0.6) is 0 Å². The van der Waals surface area contributed by atoms with Gasteiger partial charge < -0.3 is 18.6 Å². The first-order valence-corrected chi connectivity index (χ1v) is 21.5. The number of hydrogen-bond acceptors (Lipinski definition) is 5. The molecule has 0 spiro atoms. The Morgan fingerprint density at radius 2 is 1.03 bits per heavy atom. The van der Waals surface area contributed by atoms with Gasteiger partial charge in [0.2, 0.25) is 5.89 Å². The van der Waals surface area contributed by atoms with Gasteiger partial charge in [0.05, 0.1) is 22.7 Å². The van der Waals surface area contributed by atoms with Crippen LogP contribution < -0.4 is 9.80 Å². The molecule has 5 nitrogen and oxygen atoms in total. The fourth-order valence-electron chi connectivity index (χ4n) is 9.72. The maximum Gasteiger partial charge on any atom is 0.227 e. The lowest BCUT2D eigenvalue weighted by molar-refractivity contribution is 0.620. The van der Waals surface area contributed by atoms with E-state index in [0.717, 1.165) is 78.3 Å². The molecule has 0 radical (unpaired) electrons. The molecule has 5 heteroatoms. The van der Waals surface area contributed by atoms with Crippen molar-refractivity contribution in [3.8, 4) is 33.7 Å². The SMILES string of the molecule is CC1(C)c2ccccc2-c2c(N(c3ccccc3)c3cc(N(c4ccc5oc6ccccc6c5c4)c4ccccc4-c4ccccc4)c4nc(-c5ccccc5)oc4c3)cccc21. The van der Waals surface area contributed by atoms with Gasteiger partial charge in [0.1, 0.15) is 16.7 Å². The zero-order valence-electron chi connectivity index (χ0n) is 34.9. The van der Waals surface area contributed by atoms with E-state index in [1.165, 1.54) is 22.3 Å². The second kappa shape index (κ2) is 14.5. The van der Waals surface area contributed by atoms with Gasteiger partial charge in [0.25, 0.3) is 0 Å². The summed E-state index contributed by atoms with van der Waals surface area (Å²) in [6.45, 7) is 4.67. The van der Waals surface area contributed by atoms with Gasteiger partial charge >= 0.3 is 0 Å². The van der Waals surface area contributed by atoms with Gasteiger partial charge in [-0.2, -0.15) is 0 Å². The minimum Gasteiger partial charge on any atom is -0.456 e. The zero-order valence-corrected chi connectivity index (χ0v) is 34.9. The highest BCUT2D eigenvalue weighted by Gasteiger charge is 2.38. The molecule has 12 rings (SSSR count). The summed E-state index contributed by atoms with van der Waals surface area (Å²) in [5.41, 5.74) is 17.0. The molecule has 0 N–H and O–H groups in total. The number of benzene rings is 9. The quantitative estimate of drug-likeness (QED) is 0.153. The Bertz CT molecular complexity index is 3500. The molecular weight excluding hydrogens is 771 g/mol. The zero-order chi connectivity index (χ0) is 42.1. The molecule has 1 aliphatic rings. The standard InChI is InChI=1S/C58H41N3O2/c1-58(2)47-28-15-12-27-45(47)55-48(58)29-18-31-50(55)60(40-23-10-5-11-24-40)42-36-51(56-54(37-42)63-57(59-56)39-21-8-4-9-22-39)61(49-30-16-13-25-43(49)38-19-6-3-7-20-38)41-33-34-53-46(35-41)44-26-14-17-32-52(44)62-53/h3-37H,1-2H3. The fraction of sp³-hybridized carbons (Fsp3) is 0.0517. The molecule has 0 bridgehead atoms. The first-order valence-electron chi connectivity index (χ1n) is 21.5. The van der Waals surface area contributed by atoms with E-state index in [1.54, 1.807) is 0 Å². The summed E-state index contributed by atoms with van der Waals surface area (Å²) in [6.07, 6.45) is 0. The topological polar surface area (TPSA) is 45.7 Å². The van der Waals surface area contributed by atoms with Crippen molar-refractivity contribution in [3.05, 3.63) is 223 Å². The molecule has 0 amide bonds. The number of nitrogens with zero attached hydrogens (tertiary/aromatic N) is 3. The van der Waals surface area contributed by atoms with Crippen molar-refractivity contribution < 1.29 is 8.83 Å². The Labute approximate surface area is 365 Å². The Morgan fingerprint density at radius 3 is 1.84 bits per heavy atom. The maximum absolute atomic E-state index is 6.91. The molecule has 0 fully saturated rings. The molecule has 2 aromatic heterocycles. The van der Waals surface area contributed by atoms with E-state index in [0.29, 0.717) is 11.5 Å². The average Bonchev–Trinajstić information content (AvgIpc) is 4.01. The highest BCUT2D eigenvalue weighted by atomic mass is 16.3. The lowest BCUT2D eigenvalue weighted by Crippen LogP contribution is -2.16. The van der Waals surface area contributed by atoms with Gasteiger partial charge in [-0.3, -0.25) is 0 Å². The smallest absolute Gasteiger partial charge is 0.227 e. The first kappa shape index (κ1) is 36.7. The molecule has 2 heterocycles. The Hall–Kier alpha value is -8.15. The number of hydrogen-bond donors (Lipinski definition) is 0. The van der Waals surface area contributed by atoms with Crippen molar-refractivity contribution >= 4 is 67.2 Å². The van der Waals surface area contributed by atoms with Crippen LogP contribution in [0.25, 0.3) is 66.7 Å². The van der Waals surface area contributed by atoms with Crippen LogP contribution in [-0.4, -0.2) is 4.98 Å². The molecule has 0 aliphatic heterocycles. The lowest BCUT2D eigenvalue weighted by atomic mass is 9.82. The Balaban J connectivity index is 1.18. The van der Waals surface area contributed by atoms with Gasteiger partial charge in [-0.1, -0.05) is 153 Å². The van der Waals surface area contributed by atoms with E-state index < -0.39 is 0 Å². The summed E-state index contributed by atoms with van der Waals surface area (Å²) in [5.74, 6) is 0.555. The van der Waals surface area contributed by atoms with Crippen molar-refractivity contribution in [2.75, 3.05) is 9.80 Å². The van der Waals surface area contributed by atoms with Crippen molar-refractivity contribution in [2.24, 2.45) is 0 Å². The second-order valence-corrected chi connectivity index (χ2v) is 16.7. The molecule has 300 valence electrons. The number of oxazole rings is 1. The predicted molar refractivity (Wildman–Crippen MR) is 259 cm³/mol. The van der Waals surface area contributed by atoms with Crippen molar-refractivity contribution in [1.82, 2.24) is 4.98 Å². The highest BCUT2D eigenvalue weighted by Crippen LogP contribution is 2.55. The summed E-state index contributed by atoms with van der Waals surface area (Å²) in [5, 5.41) is 2.10. The Morgan fingerprint density at radius 1 is 0.397 bits per heavy atom. The number of aromatic nitrogens is 1. The van der Waals surface area contributed by atoms with E-state index >= 15 is 0 Å². The normalized spacial score (nSPS) is 12.7. The van der Waals surface area contributed by atoms with E-state index in [2.05, 4.69) is 206 Å². The molecule has 1 aliphatic carbocycles. The van der Waals surface area contributed by atoms with Crippen LogP contribution >= 0.6 is 0 Å². The fourth-order valence-corrected chi connectivity index (χ4v) is 9.72. The number of rotatable bonds is 8. The minimum absolute atomic E-state index is 0.178. The first-order chi connectivity index (χ1) is 31.0. The van der Waals surface area contributed by atoms with E-state index in [9.17, 15) is 0 Å². The van der Waals surface area contributed by atoms with Gasteiger partial charge in [-0.15, -0.1) is 0 Å². The maximum atomic E-state index is 6.91. The monoisotopic (exact) mass is 811 g/mol. The summed E-state index contributed by atoms with van der Waals surface area (Å²) in [7, 11) is 0. The summed E-state index contributed by atoms with van der Waals surface area (Å²) in [6, 6.07) is 74.8. The van der Waals surface area contributed by atoms with E-state index in [-0.39, 0.29) is 5.41 Å². The van der Waals surface area contributed by atoms with Crippen LogP contribution in [0.4, 0.5) is 34.1 Å². The third-order valence-electron chi connectivity index (χ3n) is 12.7. The van der Waals surface area contributed by atoms with E-state index in [4.69, 9.17) is 13.8 Å². The van der Waals surface area contributed by atoms with Crippen molar-refractivity contribution in [3.63, 3.8) is 0 Å². The Kier molecular flexibility index (Phi) is 8.44. The lowest BCUT2D eigenvalue weighted by Gasteiger charge is -2.31. The molecule has 11 aromatic rings. The highest BCUT2D eigenvalue weighted by molar-refractivity contribution is 6.08. The predicted octanol–water partition coefficient (Wildman–Crippen LogP) is 16.3. The van der Waals surface area contributed by atoms with Gasteiger partial charge in [-0.05, 0) is 89.0 Å². The summed E-state index contributed by atoms with van der Waals surface area (Å²) < 4.78 is 13.3. The average molecular weight is 812 g/mol. The van der Waals surface area contributed by atoms with Crippen molar-refractivity contribution in [1.29, 1.82) is 0 Å². The van der Waals surface area contributed by atoms with E-state index in [1.807, 2.05) is 30.3 Å². The molecule has 0 unspecified atom stereocenters. The van der Waals surface area contributed by atoms with Gasteiger partial charge in [0, 0.05) is 50.3 Å². The van der Waals surface area contributed by atoms with Gasteiger partial charge in [0.15, 0.2) is 5.58 Å². The number of anilines is 6. The third-order valence-corrected chi connectivity index (χ3v) is 12.7. The largest absolute Gasteiger partial charge is 0.456 e. The molecule has 63 heavy (non-hydrogen) atoms. The van der Waals surface area contributed by atoms with Crippen LogP contribution in [0.15, 0.2) is 221 Å². The van der Waals surface area contributed by atoms with Crippen LogP contribution in [0, 0.1) is 0 Å². The van der Waals surface area contributed by atoms with Crippen LogP contribution in [0.3, 0.4) is 0 Å². The van der Waals surface area contributed by atoms with Crippen LogP contribution in [0.1, 0.15) is 25.0 Å². The van der Waals surface area contributed by atoms with Crippen LogP contribution in [0.2, 0.25) is 0 Å². The molecule has 0 atom stereocenters. The molecule has 9 aromatic carbocycles. The molecule has 0 saturated heterocycles.